The molecule has 0 aromatic carbocycles. The number of hydrogen-bond acceptors (Lipinski definition) is 5. The second-order valence-corrected chi connectivity index (χ2v) is 7.04. The van der Waals surface area contributed by atoms with Crippen molar-refractivity contribution in [1.29, 1.82) is 0 Å². The van der Waals surface area contributed by atoms with E-state index in [0.717, 1.165) is 0 Å². The Balaban J connectivity index is 0. The Bertz CT molecular complexity index is 466. The number of nitrogens with one attached hydrogen (secondary N) is 1. The van der Waals surface area contributed by atoms with Crippen LogP contribution in [0.1, 0.15) is 53.9 Å². The van der Waals surface area contributed by atoms with E-state index < -0.39 is 0 Å². The largest absolute Gasteiger partial charge is 2.00 e. The van der Waals surface area contributed by atoms with E-state index in [1.165, 1.54) is 10.8 Å². The predicted molar refractivity (Wildman–Crippen MR) is 98.7 cm³/mol. The molecule has 0 radical (unpaired) electrons. The molecule has 1 heterocycles. The van der Waals surface area contributed by atoms with Crippen LogP contribution in [0.15, 0.2) is 0 Å². The van der Waals surface area contributed by atoms with Crippen molar-refractivity contribution in [2.75, 3.05) is 26.3 Å². The minimum absolute atomic E-state index is 0. The summed E-state index contributed by atoms with van der Waals surface area (Å²) in [6.07, 6.45) is 2.24. The zero-order valence-corrected chi connectivity index (χ0v) is 19.9. The van der Waals surface area contributed by atoms with Gasteiger partial charge >= 0.3 is 21.1 Å². The van der Waals surface area contributed by atoms with E-state index in [9.17, 15) is 19.2 Å². The normalized spacial score (nSPS) is 16.1. The topological polar surface area (TPSA) is 92.8 Å². The first-order valence-electron chi connectivity index (χ1n) is 9.01. The maximum atomic E-state index is 12.1. The minimum Gasteiger partial charge on any atom is -0.542 e. The van der Waals surface area contributed by atoms with Gasteiger partial charge in [0, 0.05) is 38.5 Å². The molecule has 1 aliphatic heterocycles. The SMILES string of the molecule is CC(C)C1CC(=O)N(CCC(=O)NCCOCC[C-]=O)C1=O.C[C-](C)C.[W+2]. The molecule has 8 heteroatoms. The summed E-state index contributed by atoms with van der Waals surface area (Å²) >= 11 is 0. The van der Waals surface area contributed by atoms with Gasteiger partial charge in [0.05, 0.1) is 6.61 Å². The van der Waals surface area contributed by atoms with Gasteiger partial charge < -0.3 is 20.8 Å². The average molecular weight is 552 g/mol. The fourth-order valence-electron chi connectivity index (χ4n) is 2.24. The first-order valence-corrected chi connectivity index (χ1v) is 9.01. The maximum absolute atomic E-state index is 12.1. The summed E-state index contributed by atoms with van der Waals surface area (Å²) in [7, 11) is 0. The molecule has 154 valence electrons. The van der Waals surface area contributed by atoms with Crippen LogP contribution >= 0.6 is 0 Å². The van der Waals surface area contributed by atoms with Crippen LogP contribution in [0.4, 0.5) is 0 Å². The number of amides is 3. The molecule has 0 aliphatic carbocycles. The quantitative estimate of drug-likeness (QED) is 0.253. The molecule has 1 N–H and O–H groups in total. The molecule has 0 saturated carbocycles. The third-order valence-corrected chi connectivity index (χ3v) is 3.56. The molecule has 1 rings (SSSR count). The van der Waals surface area contributed by atoms with Crippen LogP contribution in [0.3, 0.4) is 0 Å². The van der Waals surface area contributed by atoms with Gasteiger partial charge in [-0.1, -0.05) is 13.8 Å². The molecule has 27 heavy (non-hydrogen) atoms. The number of imide groups is 1. The van der Waals surface area contributed by atoms with Crippen molar-refractivity contribution < 1.29 is 45.0 Å². The predicted octanol–water partition coefficient (Wildman–Crippen LogP) is 1.66. The van der Waals surface area contributed by atoms with Gasteiger partial charge in [0.15, 0.2) is 0 Å². The summed E-state index contributed by atoms with van der Waals surface area (Å²) in [5, 5.41) is 2.64. The number of hydrogen-bond donors (Lipinski definition) is 1. The van der Waals surface area contributed by atoms with Gasteiger partial charge in [-0.3, -0.25) is 25.6 Å². The molecule has 7 nitrogen and oxygen atoms in total. The Morgan fingerprint density at radius 3 is 2.37 bits per heavy atom. The second kappa shape index (κ2) is 15.9. The van der Waals surface area contributed by atoms with E-state index in [1.807, 2.05) is 13.8 Å². The van der Waals surface area contributed by atoms with Gasteiger partial charge in [-0.25, -0.2) is 0 Å². The van der Waals surface area contributed by atoms with Gasteiger partial charge in [-0.15, -0.1) is 6.42 Å². The molecule has 1 fully saturated rings. The molecule has 1 atom stereocenters. The number of nitrogens with zero attached hydrogens (tertiary/aromatic N) is 1. The van der Waals surface area contributed by atoms with Gasteiger partial charge in [0.2, 0.25) is 17.7 Å². The summed E-state index contributed by atoms with van der Waals surface area (Å²) in [4.78, 5) is 46.6. The number of ether oxygens (including phenoxy) is 1. The minimum atomic E-state index is -0.265. The van der Waals surface area contributed by atoms with Crippen LogP contribution in [-0.2, 0) is 45.0 Å². The molecule has 0 aromatic rings. The van der Waals surface area contributed by atoms with Gasteiger partial charge in [0.1, 0.15) is 0 Å². The molecule has 0 bridgehead atoms. The van der Waals surface area contributed by atoms with Crippen LogP contribution in [-0.4, -0.2) is 55.2 Å². The first kappa shape index (κ1) is 28.1. The fraction of sp³-hybridized carbons (Fsp3) is 0.737. The van der Waals surface area contributed by atoms with Crippen molar-refractivity contribution in [3.8, 4) is 0 Å². The van der Waals surface area contributed by atoms with Crippen molar-refractivity contribution in [2.24, 2.45) is 11.8 Å². The van der Waals surface area contributed by atoms with E-state index in [4.69, 9.17) is 4.74 Å². The molecule has 3 amide bonds. The number of carbonyl (C=O) groups excluding carboxylic acids is 4. The first-order chi connectivity index (χ1) is 12.2. The van der Waals surface area contributed by atoms with Crippen LogP contribution in [0, 0.1) is 17.8 Å². The van der Waals surface area contributed by atoms with Crippen LogP contribution < -0.4 is 5.32 Å². The van der Waals surface area contributed by atoms with Crippen LogP contribution in [0.2, 0.25) is 0 Å². The summed E-state index contributed by atoms with van der Waals surface area (Å²) in [6.45, 7) is 11.1. The Kier molecular flexibility index (Phi) is 16.6. The van der Waals surface area contributed by atoms with Crippen molar-refractivity contribution in [1.82, 2.24) is 10.2 Å². The third kappa shape index (κ3) is 12.9. The van der Waals surface area contributed by atoms with Crippen molar-refractivity contribution in [2.45, 2.75) is 53.9 Å². The zero-order valence-electron chi connectivity index (χ0n) is 17.0. The van der Waals surface area contributed by atoms with E-state index >= 15 is 0 Å². The second-order valence-electron chi connectivity index (χ2n) is 7.04. The molecule has 1 saturated heterocycles. The maximum Gasteiger partial charge on any atom is 2.00 e. The van der Waals surface area contributed by atoms with Crippen molar-refractivity contribution >= 4 is 24.0 Å². The number of likely N-dealkylation sites (tertiary alicyclic amines) is 1. The number of carbonyl (C=O) groups is 3. The summed E-state index contributed by atoms with van der Waals surface area (Å²) in [6, 6.07) is 0. The van der Waals surface area contributed by atoms with E-state index in [-0.39, 0.29) is 83.0 Å². The molecule has 0 aromatic heterocycles. The Morgan fingerprint density at radius 1 is 1.30 bits per heavy atom. The van der Waals surface area contributed by atoms with Crippen molar-refractivity contribution in [3.05, 3.63) is 5.92 Å². The summed E-state index contributed by atoms with van der Waals surface area (Å²) in [5.74, 6) is 0.653. The number of rotatable bonds is 10. The molecule has 1 unspecified atom stereocenters. The standard InChI is InChI=1S/C15H23N2O5.C4H9.W/c1-11(2)12-10-14(20)17(15(12)21)6-4-13(19)16-5-9-22-8-3-7-18;1-4(2)3;/h11-12H,3-6,8-10H2,1-2H3,(H,16,19);1-3H3;/q2*-1;+2. The molecular formula is C19H32N2O5W. The monoisotopic (exact) mass is 552 g/mol. The third-order valence-electron chi connectivity index (χ3n) is 3.56. The van der Waals surface area contributed by atoms with Gasteiger partial charge in [-0.05, 0) is 5.92 Å². The average Bonchev–Trinajstić information content (AvgIpc) is 2.83. The molecular weight excluding hydrogens is 520 g/mol. The summed E-state index contributed by atoms with van der Waals surface area (Å²) < 4.78 is 5.08. The Morgan fingerprint density at radius 2 is 1.89 bits per heavy atom. The van der Waals surface area contributed by atoms with E-state index in [0.29, 0.717) is 13.2 Å². The molecule has 0 spiro atoms. The van der Waals surface area contributed by atoms with Gasteiger partial charge in [0.25, 0.3) is 0 Å². The fourth-order valence-corrected chi connectivity index (χ4v) is 2.24. The van der Waals surface area contributed by atoms with Crippen LogP contribution in [0.5, 0.6) is 0 Å². The van der Waals surface area contributed by atoms with E-state index in [2.05, 4.69) is 26.1 Å². The zero-order chi connectivity index (χ0) is 20.1. The summed E-state index contributed by atoms with van der Waals surface area (Å²) in [5.41, 5.74) is 0. The Hall–Kier alpha value is -1.07. The van der Waals surface area contributed by atoms with Gasteiger partial charge in [-0.2, -0.15) is 20.8 Å². The van der Waals surface area contributed by atoms with Crippen molar-refractivity contribution in [3.63, 3.8) is 0 Å². The Labute approximate surface area is 177 Å². The van der Waals surface area contributed by atoms with Crippen LogP contribution in [0.25, 0.3) is 0 Å². The smallest absolute Gasteiger partial charge is 0.542 e. The molecule has 1 aliphatic rings. The van der Waals surface area contributed by atoms with E-state index in [1.54, 1.807) is 6.29 Å².